The second-order valence-electron chi connectivity index (χ2n) is 7.09. The van der Waals surface area contributed by atoms with Crippen LogP contribution in [-0.4, -0.2) is 32.1 Å². The molecule has 0 radical (unpaired) electrons. The lowest BCUT2D eigenvalue weighted by atomic mass is 10.0. The first-order valence-corrected chi connectivity index (χ1v) is 10.3. The zero-order valence-electron chi connectivity index (χ0n) is 17.4. The number of aryl methyl sites for hydroxylation is 1. The molecular formula is C24H18ClFN6O. The number of nitrogens with zero attached hydrogens (tertiary/aromatic N) is 3. The van der Waals surface area contributed by atoms with E-state index in [1.807, 2.05) is 0 Å². The number of carbonyl (C=O) groups is 1. The van der Waals surface area contributed by atoms with Crippen LogP contribution < -0.4 is 5.32 Å². The van der Waals surface area contributed by atoms with E-state index in [1.54, 1.807) is 55.6 Å². The van der Waals surface area contributed by atoms with Crippen LogP contribution in [0.5, 0.6) is 0 Å². The molecule has 3 N–H and O–H groups in total. The van der Waals surface area contributed by atoms with Gasteiger partial charge < -0.3 is 15.7 Å². The summed E-state index contributed by atoms with van der Waals surface area (Å²) in [5.41, 5.74) is 3.56. The molecule has 0 bridgehead atoms. The topological polar surface area (TPSA) is 107 Å². The highest BCUT2D eigenvalue weighted by molar-refractivity contribution is 6.29. The van der Waals surface area contributed by atoms with Crippen LogP contribution in [0.3, 0.4) is 0 Å². The van der Waals surface area contributed by atoms with E-state index < -0.39 is 0 Å². The minimum absolute atomic E-state index is 0.214. The molecule has 0 saturated carbocycles. The van der Waals surface area contributed by atoms with Crippen LogP contribution in [-0.2, 0) is 0 Å². The summed E-state index contributed by atoms with van der Waals surface area (Å²) in [4.78, 5) is 28.5. The summed E-state index contributed by atoms with van der Waals surface area (Å²) in [6, 6.07) is 11.3. The average molecular weight is 461 g/mol. The smallest absolute Gasteiger partial charge is 0.256 e. The second-order valence-corrected chi connectivity index (χ2v) is 7.47. The molecule has 1 amide bonds. The van der Waals surface area contributed by atoms with E-state index in [2.05, 4.69) is 25.3 Å². The molecule has 164 valence electrons. The number of H-pyrrole nitrogens is 1. The normalized spacial score (nSPS) is 11.0. The maximum atomic E-state index is 13.8. The third-order valence-electron chi connectivity index (χ3n) is 4.78. The van der Waals surface area contributed by atoms with Gasteiger partial charge >= 0.3 is 0 Å². The minimum Gasteiger partial charge on any atom is -0.338 e. The number of hydrogen-bond acceptors (Lipinski definition) is 5. The van der Waals surface area contributed by atoms with Crippen LogP contribution in [0.2, 0.25) is 5.15 Å². The summed E-state index contributed by atoms with van der Waals surface area (Å²) in [6.07, 6.45) is 7.37. The molecule has 0 atom stereocenters. The van der Waals surface area contributed by atoms with Crippen molar-refractivity contribution >= 4 is 35.6 Å². The van der Waals surface area contributed by atoms with Gasteiger partial charge in [0.1, 0.15) is 22.6 Å². The molecule has 7 nitrogen and oxygen atoms in total. The first kappa shape index (κ1) is 22.0. The molecule has 0 aliphatic carbocycles. The van der Waals surface area contributed by atoms with Gasteiger partial charge in [-0.05, 0) is 67.1 Å². The number of hydrogen-bond donors (Lipinski definition) is 3. The quantitative estimate of drug-likeness (QED) is 0.259. The fourth-order valence-corrected chi connectivity index (χ4v) is 3.38. The van der Waals surface area contributed by atoms with Crippen molar-refractivity contribution in [3.63, 3.8) is 0 Å². The molecule has 0 unspecified atom stereocenters. The van der Waals surface area contributed by atoms with Gasteiger partial charge in [0, 0.05) is 35.3 Å². The van der Waals surface area contributed by atoms with E-state index in [0.717, 1.165) is 11.8 Å². The number of imidazole rings is 1. The lowest BCUT2D eigenvalue weighted by Gasteiger charge is -2.08. The number of rotatable bonds is 6. The number of pyridine rings is 2. The highest BCUT2D eigenvalue weighted by Gasteiger charge is 2.16. The van der Waals surface area contributed by atoms with Crippen molar-refractivity contribution in [2.24, 2.45) is 0 Å². The second kappa shape index (κ2) is 9.54. The number of anilines is 1. The van der Waals surface area contributed by atoms with Crippen LogP contribution >= 0.6 is 11.6 Å². The van der Waals surface area contributed by atoms with Gasteiger partial charge in [-0.3, -0.25) is 4.79 Å². The Morgan fingerprint density at radius 2 is 1.94 bits per heavy atom. The van der Waals surface area contributed by atoms with E-state index in [9.17, 15) is 9.18 Å². The Morgan fingerprint density at radius 3 is 2.70 bits per heavy atom. The van der Waals surface area contributed by atoms with Gasteiger partial charge in [0.2, 0.25) is 0 Å². The molecule has 3 aromatic heterocycles. The highest BCUT2D eigenvalue weighted by Crippen LogP contribution is 2.32. The predicted molar refractivity (Wildman–Crippen MR) is 127 cm³/mol. The molecule has 0 aliphatic rings. The fraction of sp³-hybridized carbons (Fsp3) is 0.0417. The van der Waals surface area contributed by atoms with Crippen molar-refractivity contribution in [3.05, 3.63) is 88.9 Å². The number of aromatic nitrogens is 4. The molecule has 0 aliphatic heterocycles. The van der Waals surface area contributed by atoms with Crippen LogP contribution in [0.1, 0.15) is 21.7 Å². The van der Waals surface area contributed by atoms with Crippen LogP contribution in [0, 0.1) is 18.2 Å². The molecule has 4 aromatic rings. The molecule has 33 heavy (non-hydrogen) atoms. The van der Waals surface area contributed by atoms with Crippen LogP contribution in [0.4, 0.5) is 10.2 Å². The number of nitrogens with one attached hydrogen (secondary N) is 3. The van der Waals surface area contributed by atoms with Crippen LogP contribution in [0.25, 0.3) is 28.6 Å². The lowest BCUT2D eigenvalue weighted by molar-refractivity contribution is 0.102. The monoisotopic (exact) mass is 460 g/mol. The summed E-state index contributed by atoms with van der Waals surface area (Å²) >= 11 is 5.87. The number of halogens is 2. The zero-order valence-corrected chi connectivity index (χ0v) is 18.2. The van der Waals surface area contributed by atoms with Crippen molar-refractivity contribution in [1.82, 2.24) is 19.9 Å². The van der Waals surface area contributed by atoms with Gasteiger partial charge in [-0.1, -0.05) is 11.6 Å². The van der Waals surface area contributed by atoms with Gasteiger partial charge in [-0.15, -0.1) is 0 Å². The molecule has 3 heterocycles. The molecule has 1 aromatic carbocycles. The summed E-state index contributed by atoms with van der Waals surface area (Å²) in [6.45, 7) is 1.69. The Hall–Kier alpha value is -4.17. The SMILES string of the molecule is Cc1cc(-c2nc(/C=C\C=N)[nH]c2-c2ccnc(NC(=O)c3ccnc(Cl)c3)c2)ccc1F. The van der Waals surface area contributed by atoms with E-state index in [4.69, 9.17) is 17.0 Å². The molecule has 9 heteroatoms. The number of benzene rings is 1. The molecule has 0 saturated heterocycles. The third kappa shape index (κ3) is 5.02. The van der Waals surface area contributed by atoms with Crippen molar-refractivity contribution in [2.75, 3.05) is 5.32 Å². The van der Waals surface area contributed by atoms with Crippen molar-refractivity contribution in [2.45, 2.75) is 6.92 Å². The maximum absolute atomic E-state index is 13.8. The van der Waals surface area contributed by atoms with Crippen LogP contribution in [0.15, 0.2) is 60.9 Å². The standard InChI is InChI=1S/C24H18ClFN6O/c1-14-11-15(4-5-18(14)26)22-23(31-20(30-22)3-2-8-27)16-6-10-29-21(13-16)32-24(33)17-7-9-28-19(25)12-17/h2-13,27H,1H3,(H,30,31)(H,29,32,33)/b3-2-,27-8?. The average Bonchev–Trinajstić information content (AvgIpc) is 3.24. The Balaban J connectivity index is 1.73. The third-order valence-corrected chi connectivity index (χ3v) is 4.99. The fourth-order valence-electron chi connectivity index (χ4n) is 3.21. The van der Waals surface area contributed by atoms with Gasteiger partial charge in [0.25, 0.3) is 5.91 Å². The first-order chi connectivity index (χ1) is 15.9. The van der Waals surface area contributed by atoms with Gasteiger partial charge in [0.05, 0.1) is 11.4 Å². The van der Waals surface area contributed by atoms with Gasteiger partial charge in [0.15, 0.2) is 0 Å². The summed E-state index contributed by atoms with van der Waals surface area (Å²) in [7, 11) is 0. The highest BCUT2D eigenvalue weighted by atomic mass is 35.5. The van der Waals surface area contributed by atoms with E-state index >= 15 is 0 Å². The van der Waals surface area contributed by atoms with Crippen molar-refractivity contribution in [3.8, 4) is 22.5 Å². The number of carbonyl (C=O) groups excluding carboxylic acids is 1. The first-order valence-electron chi connectivity index (χ1n) is 9.87. The van der Waals surface area contributed by atoms with E-state index in [0.29, 0.717) is 39.7 Å². The molecule has 0 fully saturated rings. The Morgan fingerprint density at radius 1 is 1.12 bits per heavy atom. The van der Waals surface area contributed by atoms with E-state index in [1.165, 1.54) is 18.3 Å². The van der Waals surface area contributed by atoms with Crippen molar-refractivity contribution in [1.29, 1.82) is 5.41 Å². The summed E-state index contributed by atoms with van der Waals surface area (Å²) < 4.78 is 13.8. The molecule has 4 rings (SSSR count). The predicted octanol–water partition coefficient (Wildman–Crippen LogP) is 5.55. The largest absolute Gasteiger partial charge is 0.338 e. The summed E-state index contributed by atoms with van der Waals surface area (Å²) in [5.74, 6) is 0.180. The van der Waals surface area contributed by atoms with Crippen molar-refractivity contribution < 1.29 is 9.18 Å². The van der Waals surface area contributed by atoms with Gasteiger partial charge in [-0.25, -0.2) is 19.3 Å². The lowest BCUT2D eigenvalue weighted by Crippen LogP contribution is -2.13. The Bertz CT molecular complexity index is 1380. The molecular weight excluding hydrogens is 443 g/mol. The Kier molecular flexibility index (Phi) is 6.37. The zero-order chi connectivity index (χ0) is 23.4. The summed E-state index contributed by atoms with van der Waals surface area (Å²) in [5, 5.41) is 10.2. The Labute approximate surface area is 193 Å². The van der Waals surface area contributed by atoms with Gasteiger partial charge in [-0.2, -0.15) is 0 Å². The van der Waals surface area contributed by atoms with E-state index in [-0.39, 0.29) is 16.9 Å². The number of allylic oxidation sites excluding steroid dienone is 1. The minimum atomic E-state index is -0.377. The number of amides is 1. The molecule has 0 spiro atoms. The number of aromatic amines is 1. The maximum Gasteiger partial charge on any atom is 0.256 e.